The topological polar surface area (TPSA) is 132 Å². The van der Waals surface area contributed by atoms with Gasteiger partial charge in [0.25, 0.3) is 0 Å². The van der Waals surface area contributed by atoms with E-state index in [4.69, 9.17) is 40.0 Å². The third-order valence-electron chi connectivity index (χ3n) is 3.49. The Morgan fingerprint density at radius 2 is 0.808 bits per heavy atom. The van der Waals surface area contributed by atoms with Crippen LogP contribution in [0.25, 0.3) is 0 Å². The Morgan fingerprint density at radius 1 is 0.538 bits per heavy atom. The molecule has 0 aliphatic carbocycles. The van der Waals surface area contributed by atoms with Crippen molar-refractivity contribution in [2.75, 3.05) is 26.4 Å². The molecule has 0 spiro atoms. The first-order valence-corrected chi connectivity index (χ1v) is 8.56. The summed E-state index contributed by atoms with van der Waals surface area (Å²) in [6.45, 7) is 4.52. The minimum absolute atomic E-state index is 0.205. The molecular formula is C18H26N4O4. The molecule has 0 aliphatic rings. The van der Waals surface area contributed by atoms with Crippen molar-refractivity contribution in [3.63, 3.8) is 0 Å². The molecule has 0 radical (unpaired) electrons. The molecule has 0 amide bonds. The standard InChI is InChI=1S/C18H26N4O4/c1-15(23-11-3-7-19)17(25-13-5-9-21)18(26-14-6-10-22)16(2)24-12-4-8-20/h15-18H,3-6,11-14H2,1-2H3. The van der Waals surface area contributed by atoms with E-state index in [0.29, 0.717) is 0 Å². The SMILES string of the molecule is CC(OCCC#N)C(OCCC#N)C(OCCC#N)C(C)OCCC#N. The molecule has 0 aromatic heterocycles. The summed E-state index contributed by atoms with van der Waals surface area (Å²) in [6.07, 6.45) is -0.957. The summed E-state index contributed by atoms with van der Waals surface area (Å²) < 4.78 is 22.9. The lowest BCUT2D eigenvalue weighted by Crippen LogP contribution is -2.48. The van der Waals surface area contributed by atoms with Gasteiger partial charge in [0.15, 0.2) is 0 Å². The second-order valence-electron chi connectivity index (χ2n) is 5.46. The lowest BCUT2D eigenvalue weighted by atomic mass is 10.0. The number of nitrogens with zero attached hydrogens (tertiary/aromatic N) is 4. The minimum atomic E-state index is -0.544. The van der Waals surface area contributed by atoms with E-state index in [1.807, 2.05) is 24.3 Å². The van der Waals surface area contributed by atoms with Crippen LogP contribution in [0.4, 0.5) is 0 Å². The number of nitriles is 4. The van der Waals surface area contributed by atoms with Crippen molar-refractivity contribution in [1.82, 2.24) is 0 Å². The largest absolute Gasteiger partial charge is 0.375 e. The maximum Gasteiger partial charge on any atom is 0.112 e. The first-order valence-electron chi connectivity index (χ1n) is 8.56. The summed E-state index contributed by atoms with van der Waals surface area (Å²) >= 11 is 0. The second-order valence-corrected chi connectivity index (χ2v) is 5.46. The van der Waals surface area contributed by atoms with Crippen molar-refractivity contribution in [3.8, 4) is 24.3 Å². The van der Waals surface area contributed by atoms with E-state index >= 15 is 0 Å². The van der Waals surface area contributed by atoms with Crippen molar-refractivity contribution in [1.29, 1.82) is 21.0 Å². The average molecular weight is 362 g/mol. The van der Waals surface area contributed by atoms with Gasteiger partial charge >= 0.3 is 0 Å². The fraction of sp³-hybridized carbons (Fsp3) is 0.778. The van der Waals surface area contributed by atoms with Gasteiger partial charge in [0.2, 0.25) is 0 Å². The molecule has 4 unspecified atom stereocenters. The van der Waals surface area contributed by atoms with Gasteiger partial charge in [0.05, 0.1) is 88.6 Å². The van der Waals surface area contributed by atoms with Crippen LogP contribution in [-0.2, 0) is 18.9 Å². The highest BCUT2D eigenvalue weighted by molar-refractivity contribution is 4.84. The Morgan fingerprint density at radius 3 is 1.08 bits per heavy atom. The van der Waals surface area contributed by atoms with Crippen molar-refractivity contribution in [2.24, 2.45) is 0 Å². The molecule has 0 saturated carbocycles. The average Bonchev–Trinajstić information content (AvgIpc) is 2.63. The molecule has 0 aromatic carbocycles. The summed E-state index contributed by atoms with van der Waals surface area (Å²) in [6, 6.07) is 8.06. The Bertz CT molecular complexity index is 481. The van der Waals surface area contributed by atoms with Crippen LogP contribution in [0.5, 0.6) is 0 Å². The monoisotopic (exact) mass is 362 g/mol. The van der Waals surface area contributed by atoms with Crippen molar-refractivity contribution in [3.05, 3.63) is 0 Å². The van der Waals surface area contributed by atoms with E-state index in [1.165, 1.54) is 0 Å². The summed E-state index contributed by atoms with van der Waals surface area (Å²) in [4.78, 5) is 0. The molecule has 0 N–H and O–H groups in total. The third kappa shape index (κ3) is 10.6. The number of ether oxygens (including phenoxy) is 4. The van der Waals surface area contributed by atoms with Gasteiger partial charge in [-0.15, -0.1) is 0 Å². The molecule has 142 valence electrons. The van der Waals surface area contributed by atoms with Crippen LogP contribution in [0.3, 0.4) is 0 Å². The third-order valence-corrected chi connectivity index (χ3v) is 3.49. The molecule has 0 fully saturated rings. The number of hydrogen-bond acceptors (Lipinski definition) is 8. The predicted molar refractivity (Wildman–Crippen MR) is 91.2 cm³/mol. The van der Waals surface area contributed by atoms with E-state index in [2.05, 4.69) is 0 Å². The minimum Gasteiger partial charge on any atom is -0.375 e. The quantitative estimate of drug-likeness (QED) is 0.405. The van der Waals surface area contributed by atoms with Gasteiger partial charge in [0, 0.05) is 0 Å². The zero-order valence-corrected chi connectivity index (χ0v) is 15.4. The Kier molecular flexibility index (Phi) is 14.9. The lowest BCUT2D eigenvalue weighted by Gasteiger charge is -2.34. The Balaban J connectivity index is 5.10. The zero-order valence-electron chi connectivity index (χ0n) is 15.4. The molecule has 0 rings (SSSR count). The summed E-state index contributed by atoms with van der Waals surface area (Å²) in [5.74, 6) is 0. The lowest BCUT2D eigenvalue weighted by molar-refractivity contribution is -0.170. The van der Waals surface area contributed by atoms with Gasteiger partial charge in [-0.1, -0.05) is 0 Å². The van der Waals surface area contributed by atoms with E-state index in [9.17, 15) is 0 Å². The van der Waals surface area contributed by atoms with E-state index in [-0.39, 0.29) is 52.1 Å². The molecule has 8 heteroatoms. The Labute approximate surface area is 155 Å². The molecule has 4 atom stereocenters. The van der Waals surface area contributed by atoms with E-state index < -0.39 is 24.4 Å². The molecule has 26 heavy (non-hydrogen) atoms. The van der Waals surface area contributed by atoms with E-state index in [0.717, 1.165) is 0 Å². The van der Waals surface area contributed by atoms with Gasteiger partial charge < -0.3 is 18.9 Å². The molecule has 8 nitrogen and oxygen atoms in total. The predicted octanol–water partition coefficient (Wildman–Crippen LogP) is 2.22. The fourth-order valence-electron chi connectivity index (χ4n) is 2.25. The van der Waals surface area contributed by atoms with Crippen LogP contribution in [0.2, 0.25) is 0 Å². The van der Waals surface area contributed by atoms with Crippen LogP contribution < -0.4 is 0 Å². The Hall–Kier alpha value is -2.20. The van der Waals surface area contributed by atoms with Crippen LogP contribution >= 0.6 is 0 Å². The maximum atomic E-state index is 8.74. The first-order chi connectivity index (χ1) is 12.6. The van der Waals surface area contributed by atoms with E-state index in [1.54, 1.807) is 13.8 Å². The smallest absolute Gasteiger partial charge is 0.112 e. The van der Waals surface area contributed by atoms with Crippen LogP contribution in [0.1, 0.15) is 39.5 Å². The van der Waals surface area contributed by atoms with Crippen LogP contribution in [0, 0.1) is 45.3 Å². The zero-order chi connectivity index (χ0) is 19.6. The van der Waals surface area contributed by atoms with Crippen molar-refractivity contribution >= 4 is 0 Å². The van der Waals surface area contributed by atoms with Gasteiger partial charge in [0.1, 0.15) is 12.2 Å². The fourth-order valence-corrected chi connectivity index (χ4v) is 2.25. The van der Waals surface area contributed by atoms with Crippen molar-refractivity contribution in [2.45, 2.75) is 63.9 Å². The summed E-state index contributed by atoms with van der Waals surface area (Å²) in [5, 5.41) is 34.8. The van der Waals surface area contributed by atoms with Crippen LogP contribution in [0.15, 0.2) is 0 Å². The highest BCUT2D eigenvalue weighted by atomic mass is 16.6. The van der Waals surface area contributed by atoms with Gasteiger partial charge in [-0.3, -0.25) is 0 Å². The van der Waals surface area contributed by atoms with Gasteiger partial charge in [-0.05, 0) is 13.8 Å². The summed E-state index contributed by atoms with van der Waals surface area (Å²) in [7, 11) is 0. The van der Waals surface area contributed by atoms with Gasteiger partial charge in [-0.2, -0.15) is 21.0 Å². The highest BCUT2D eigenvalue weighted by Crippen LogP contribution is 2.19. The van der Waals surface area contributed by atoms with Crippen molar-refractivity contribution < 1.29 is 18.9 Å². The summed E-state index contributed by atoms with van der Waals surface area (Å²) in [5.41, 5.74) is 0. The molecule has 0 saturated heterocycles. The first kappa shape index (κ1) is 23.8. The van der Waals surface area contributed by atoms with Gasteiger partial charge in [-0.25, -0.2) is 0 Å². The second kappa shape index (κ2) is 16.3. The molecule has 0 heterocycles. The molecule has 0 aromatic rings. The normalized spacial score (nSPS) is 14.8. The number of rotatable bonds is 15. The maximum absolute atomic E-state index is 8.74. The highest BCUT2D eigenvalue weighted by Gasteiger charge is 2.34. The molecule has 0 aliphatic heterocycles. The number of hydrogen-bond donors (Lipinski definition) is 0. The molecule has 0 bridgehead atoms. The molecular weight excluding hydrogens is 336 g/mol. The van der Waals surface area contributed by atoms with Crippen LogP contribution in [-0.4, -0.2) is 50.8 Å².